The molecule has 0 aliphatic heterocycles. The highest BCUT2D eigenvalue weighted by molar-refractivity contribution is 5.85. The van der Waals surface area contributed by atoms with Crippen molar-refractivity contribution >= 4 is 18.3 Å². The molecule has 18 heavy (non-hydrogen) atoms. The second-order valence-corrected chi connectivity index (χ2v) is 4.84. The number of hydrogen-bond acceptors (Lipinski definition) is 2. The first-order chi connectivity index (χ1) is 8.27. The fourth-order valence-electron chi connectivity index (χ4n) is 2.11. The summed E-state index contributed by atoms with van der Waals surface area (Å²) < 4.78 is 0. The number of benzene rings is 1. The number of carbonyl (C=O) groups is 1. The molecule has 1 amide bonds. The quantitative estimate of drug-likeness (QED) is 0.775. The molecular weight excluding hydrogens is 248 g/mol. The zero-order valence-corrected chi connectivity index (χ0v) is 11.3. The molecule has 0 unspecified atom stereocenters. The van der Waals surface area contributed by atoms with E-state index in [0.29, 0.717) is 13.1 Å². The number of hydrogen-bond donors (Lipinski definition) is 2. The molecule has 1 fully saturated rings. The molecule has 0 spiro atoms. The van der Waals surface area contributed by atoms with Crippen LogP contribution < -0.4 is 11.1 Å². The standard InChI is InChI=1S/C14H20N2O.ClH/c15-9-4-10-16-13(17)14(7-8-14)11-12-5-2-1-3-6-12;/h1-3,5-6H,4,7-11,15H2,(H,16,17);1H. The van der Waals surface area contributed by atoms with Gasteiger partial charge in [0.05, 0.1) is 5.41 Å². The van der Waals surface area contributed by atoms with Gasteiger partial charge in [0.15, 0.2) is 0 Å². The van der Waals surface area contributed by atoms with Crippen molar-refractivity contribution in [3.8, 4) is 0 Å². The monoisotopic (exact) mass is 268 g/mol. The van der Waals surface area contributed by atoms with Crippen LogP contribution in [0.3, 0.4) is 0 Å². The Kier molecular flexibility index (Phi) is 5.63. The van der Waals surface area contributed by atoms with E-state index in [2.05, 4.69) is 17.4 Å². The van der Waals surface area contributed by atoms with Crippen molar-refractivity contribution in [1.29, 1.82) is 0 Å². The minimum absolute atomic E-state index is 0. The lowest BCUT2D eigenvalue weighted by molar-refractivity contribution is -0.126. The van der Waals surface area contributed by atoms with E-state index in [9.17, 15) is 4.79 Å². The molecule has 0 atom stereocenters. The highest BCUT2D eigenvalue weighted by atomic mass is 35.5. The summed E-state index contributed by atoms with van der Waals surface area (Å²) in [5.41, 5.74) is 6.53. The Morgan fingerprint density at radius 2 is 1.94 bits per heavy atom. The smallest absolute Gasteiger partial charge is 0.226 e. The Labute approximate surface area is 115 Å². The van der Waals surface area contributed by atoms with Crippen LogP contribution >= 0.6 is 12.4 Å². The Bertz CT molecular complexity index is 377. The van der Waals surface area contributed by atoms with E-state index < -0.39 is 0 Å². The van der Waals surface area contributed by atoms with E-state index in [0.717, 1.165) is 25.7 Å². The van der Waals surface area contributed by atoms with Crippen LogP contribution in [0, 0.1) is 5.41 Å². The van der Waals surface area contributed by atoms with E-state index in [1.165, 1.54) is 5.56 Å². The summed E-state index contributed by atoms with van der Waals surface area (Å²) in [6.07, 6.45) is 3.74. The summed E-state index contributed by atoms with van der Waals surface area (Å²) in [7, 11) is 0. The largest absolute Gasteiger partial charge is 0.356 e. The third-order valence-corrected chi connectivity index (χ3v) is 3.39. The number of rotatable bonds is 6. The second-order valence-electron chi connectivity index (χ2n) is 4.84. The molecule has 3 N–H and O–H groups in total. The SMILES string of the molecule is Cl.NCCCNC(=O)C1(Cc2ccccc2)CC1. The van der Waals surface area contributed by atoms with Crippen LogP contribution in [0.4, 0.5) is 0 Å². The summed E-state index contributed by atoms with van der Waals surface area (Å²) in [5, 5.41) is 2.99. The average molecular weight is 269 g/mol. The van der Waals surface area contributed by atoms with Crippen LogP contribution in [-0.2, 0) is 11.2 Å². The molecular formula is C14H21ClN2O. The summed E-state index contributed by atoms with van der Waals surface area (Å²) in [5.74, 6) is 0.204. The second kappa shape index (κ2) is 6.76. The minimum atomic E-state index is -0.129. The Morgan fingerprint density at radius 3 is 2.50 bits per heavy atom. The first kappa shape index (κ1) is 15.0. The van der Waals surface area contributed by atoms with E-state index in [4.69, 9.17) is 5.73 Å². The van der Waals surface area contributed by atoms with Gasteiger partial charge >= 0.3 is 0 Å². The van der Waals surface area contributed by atoms with Gasteiger partial charge in [0.25, 0.3) is 0 Å². The van der Waals surface area contributed by atoms with Crippen LogP contribution in [0.1, 0.15) is 24.8 Å². The predicted octanol–water partition coefficient (Wildman–Crippen LogP) is 1.90. The van der Waals surface area contributed by atoms with Gasteiger partial charge in [-0.3, -0.25) is 4.79 Å². The molecule has 0 saturated heterocycles. The molecule has 0 radical (unpaired) electrons. The zero-order valence-electron chi connectivity index (χ0n) is 10.5. The summed E-state index contributed by atoms with van der Waals surface area (Å²) in [4.78, 5) is 12.1. The molecule has 2 rings (SSSR count). The van der Waals surface area contributed by atoms with E-state index in [-0.39, 0.29) is 23.7 Å². The number of halogens is 1. The van der Waals surface area contributed by atoms with Gasteiger partial charge in [0, 0.05) is 6.54 Å². The Balaban J connectivity index is 0.00000162. The predicted molar refractivity (Wildman–Crippen MR) is 75.7 cm³/mol. The molecule has 0 heterocycles. The van der Waals surface area contributed by atoms with Crippen molar-refractivity contribution in [3.63, 3.8) is 0 Å². The lowest BCUT2D eigenvalue weighted by Crippen LogP contribution is -2.34. The lowest BCUT2D eigenvalue weighted by atomic mass is 9.95. The Hall–Kier alpha value is -1.06. The number of nitrogens with two attached hydrogens (primary N) is 1. The molecule has 4 heteroatoms. The fourth-order valence-corrected chi connectivity index (χ4v) is 2.11. The number of carbonyl (C=O) groups excluding carboxylic acids is 1. The van der Waals surface area contributed by atoms with Gasteiger partial charge in [-0.25, -0.2) is 0 Å². The topological polar surface area (TPSA) is 55.1 Å². The molecule has 0 aromatic heterocycles. The molecule has 1 aromatic rings. The van der Waals surface area contributed by atoms with Crippen molar-refractivity contribution in [2.45, 2.75) is 25.7 Å². The maximum absolute atomic E-state index is 12.1. The van der Waals surface area contributed by atoms with Crippen LogP contribution in [0.15, 0.2) is 30.3 Å². The summed E-state index contributed by atoms with van der Waals surface area (Å²) in [6, 6.07) is 10.2. The van der Waals surface area contributed by atoms with Crippen LogP contribution in [0.5, 0.6) is 0 Å². The summed E-state index contributed by atoms with van der Waals surface area (Å²) in [6.45, 7) is 1.33. The Morgan fingerprint density at radius 1 is 1.28 bits per heavy atom. The minimum Gasteiger partial charge on any atom is -0.356 e. The van der Waals surface area contributed by atoms with Gasteiger partial charge in [0.2, 0.25) is 5.91 Å². The van der Waals surface area contributed by atoms with Crippen LogP contribution in [0.2, 0.25) is 0 Å². The van der Waals surface area contributed by atoms with Gasteiger partial charge in [-0.05, 0) is 37.8 Å². The van der Waals surface area contributed by atoms with E-state index >= 15 is 0 Å². The number of nitrogens with one attached hydrogen (secondary N) is 1. The maximum Gasteiger partial charge on any atom is 0.226 e. The van der Waals surface area contributed by atoms with Crippen LogP contribution in [0.25, 0.3) is 0 Å². The van der Waals surface area contributed by atoms with Gasteiger partial charge in [-0.15, -0.1) is 12.4 Å². The van der Waals surface area contributed by atoms with Gasteiger partial charge in [0.1, 0.15) is 0 Å². The molecule has 1 aromatic carbocycles. The van der Waals surface area contributed by atoms with Gasteiger partial charge in [-0.1, -0.05) is 30.3 Å². The average Bonchev–Trinajstić information content (AvgIpc) is 3.12. The normalized spacial score (nSPS) is 15.6. The highest BCUT2D eigenvalue weighted by Crippen LogP contribution is 2.48. The first-order valence-electron chi connectivity index (χ1n) is 6.29. The van der Waals surface area contributed by atoms with Crippen LogP contribution in [-0.4, -0.2) is 19.0 Å². The fraction of sp³-hybridized carbons (Fsp3) is 0.500. The lowest BCUT2D eigenvalue weighted by Gasteiger charge is -2.15. The molecule has 1 aliphatic carbocycles. The van der Waals surface area contributed by atoms with Crippen molar-refractivity contribution in [2.24, 2.45) is 11.1 Å². The van der Waals surface area contributed by atoms with E-state index in [1.807, 2.05) is 18.2 Å². The molecule has 0 bridgehead atoms. The van der Waals surface area contributed by atoms with Gasteiger partial charge < -0.3 is 11.1 Å². The van der Waals surface area contributed by atoms with Crippen molar-refractivity contribution in [2.75, 3.05) is 13.1 Å². The van der Waals surface area contributed by atoms with E-state index in [1.54, 1.807) is 0 Å². The third kappa shape index (κ3) is 3.72. The first-order valence-corrected chi connectivity index (χ1v) is 6.29. The molecule has 100 valence electrons. The van der Waals surface area contributed by atoms with Gasteiger partial charge in [-0.2, -0.15) is 0 Å². The molecule has 3 nitrogen and oxygen atoms in total. The number of amides is 1. The van der Waals surface area contributed by atoms with Crippen molar-refractivity contribution < 1.29 is 4.79 Å². The highest BCUT2D eigenvalue weighted by Gasteiger charge is 2.49. The zero-order chi connectivity index (χ0) is 12.1. The maximum atomic E-state index is 12.1. The summed E-state index contributed by atoms with van der Waals surface area (Å²) >= 11 is 0. The van der Waals surface area contributed by atoms with Crippen molar-refractivity contribution in [1.82, 2.24) is 5.32 Å². The molecule has 1 saturated carbocycles. The molecule has 1 aliphatic rings. The third-order valence-electron chi connectivity index (χ3n) is 3.39. The van der Waals surface area contributed by atoms with Crippen molar-refractivity contribution in [3.05, 3.63) is 35.9 Å².